The van der Waals surface area contributed by atoms with Gasteiger partial charge in [-0.2, -0.15) is 0 Å². The Bertz CT molecular complexity index is 958. The molecule has 0 aliphatic carbocycles. The number of carbonyl (C=O) groups excluding carboxylic acids is 1. The van der Waals surface area contributed by atoms with Crippen molar-refractivity contribution < 1.29 is 19.1 Å². The van der Waals surface area contributed by atoms with E-state index >= 15 is 0 Å². The Kier molecular flexibility index (Phi) is 5.88. The minimum absolute atomic E-state index is 0.179. The second-order valence-corrected chi connectivity index (χ2v) is 7.07. The van der Waals surface area contributed by atoms with Crippen LogP contribution in [0.5, 0.6) is 5.75 Å². The number of aliphatic hydroxyl groups excluding tert-OH is 1. The van der Waals surface area contributed by atoms with Crippen molar-refractivity contribution in [3.8, 4) is 5.75 Å². The maximum atomic E-state index is 12.0. The Morgan fingerprint density at radius 2 is 2.10 bits per heavy atom. The molecule has 29 heavy (non-hydrogen) atoms. The van der Waals surface area contributed by atoms with Crippen molar-refractivity contribution in [1.82, 2.24) is 9.88 Å². The molecule has 1 aliphatic heterocycles. The third-order valence-corrected chi connectivity index (χ3v) is 4.88. The summed E-state index contributed by atoms with van der Waals surface area (Å²) in [6, 6.07) is 15.5. The summed E-state index contributed by atoms with van der Waals surface area (Å²) in [5.74, 6) is 0.215. The normalized spacial score (nSPS) is 14.8. The van der Waals surface area contributed by atoms with Gasteiger partial charge in [0.2, 0.25) is 0 Å². The molecule has 2 aromatic carbocycles. The Balaban J connectivity index is 1.27. The average Bonchev–Trinajstić information content (AvgIpc) is 3.28. The molecule has 0 saturated heterocycles. The number of ether oxygens (including phenoxy) is 1. The van der Waals surface area contributed by atoms with Gasteiger partial charge in [-0.1, -0.05) is 30.3 Å². The predicted molar refractivity (Wildman–Crippen MR) is 108 cm³/mol. The van der Waals surface area contributed by atoms with Gasteiger partial charge in [0.05, 0.1) is 0 Å². The smallest absolute Gasteiger partial charge is 0.277 e. The number of aromatic nitrogens is 1. The van der Waals surface area contributed by atoms with Crippen LogP contribution in [0.3, 0.4) is 0 Å². The molecule has 4 rings (SSSR count). The van der Waals surface area contributed by atoms with E-state index in [2.05, 4.69) is 39.5 Å². The van der Waals surface area contributed by atoms with Gasteiger partial charge >= 0.3 is 0 Å². The van der Waals surface area contributed by atoms with E-state index in [1.165, 1.54) is 23.8 Å². The van der Waals surface area contributed by atoms with Crippen molar-refractivity contribution in [2.45, 2.75) is 19.1 Å². The molecule has 1 amide bonds. The van der Waals surface area contributed by atoms with Crippen molar-refractivity contribution in [1.29, 1.82) is 0 Å². The van der Waals surface area contributed by atoms with Crippen LogP contribution >= 0.6 is 0 Å². The third-order valence-electron chi connectivity index (χ3n) is 4.88. The number of carbonyl (C=O) groups is 1. The van der Waals surface area contributed by atoms with Crippen LogP contribution in [0, 0.1) is 0 Å². The molecule has 0 spiro atoms. The number of aliphatic hydroxyl groups is 1. The van der Waals surface area contributed by atoms with E-state index < -0.39 is 6.10 Å². The van der Waals surface area contributed by atoms with Gasteiger partial charge in [0.15, 0.2) is 12.1 Å². The fourth-order valence-electron chi connectivity index (χ4n) is 3.44. The van der Waals surface area contributed by atoms with Gasteiger partial charge in [0.25, 0.3) is 5.91 Å². The van der Waals surface area contributed by atoms with Crippen LogP contribution < -0.4 is 10.1 Å². The molecule has 1 aromatic heterocycles. The summed E-state index contributed by atoms with van der Waals surface area (Å²) < 4.78 is 10.5. The van der Waals surface area contributed by atoms with Crippen LogP contribution in [0.4, 0.5) is 5.69 Å². The monoisotopic (exact) mass is 393 g/mol. The maximum Gasteiger partial charge on any atom is 0.277 e. The van der Waals surface area contributed by atoms with E-state index in [1.54, 1.807) is 24.3 Å². The van der Waals surface area contributed by atoms with Gasteiger partial charge in [0, 0.05) is 31.4 Å². The van der Waals surface area contributed by atoms with Crippen molar-refractivity contribution in [3.05, 3.63) is 78.0 Å². The zero-order valence-electron chi connectivity index (χ0n) is 16.0. The Labute approximate surface area is 168 Å². The molecule has 1 aliphatic rings. The molecule has 1 atom stereocenters. The fourth-order valence-corrected chi connectivity index (χ4v) is 3.44. The number of nitrogens with zero attached hydrogens (tertiary/aromatic N) is 2. The lowest BCUT2D eigenvalue weighted by Gasteiger charge is -2.30. The minimum atomic E-state index is -0.603. The second-order valence-electron chi connectivity index (χ2n) is 7.07. The molecule has 2 heterocycles. The summed E-state index contributed by atoms with van der Waals surface area (Å²) in [6.07, 6.45) is 2.88. The lowest BCUT2D eigenvalue weighted by Crippen LogP contribution is -2.38. The van der Waals surface area contributed by atoms with Gasteiger partial charge in [-0.05, 0) is 29.7 Å². The zero-order chi connectivity index (χ0) is 20.1. The molecule has 7 heteroatoms. The molecule has 3 aromatic rings. The fraction of sp³-hybridized carbons (Fsp3) is 0.273. The number of benzene rings is 2. The SMILES string of the molecule is O=C(Nc1cccc(OCC(O)CN2CCc3ccccc3C2)c1)c1cocn1. The zero-order valence-corrected chi connectivity index (χ0v) is 16.0. The molecule has 0 fully saturated rings. The number of nitrogens with one attached hydrogen (secondary N) is 1. The third kappa shape index (κ3) is 5.01. The molecule has 7 nitrogen and oxygen atoms in total. The summed E-state index contributed by atoms with van der Waals surface area (Å²) in [7, 11) is 0. The van der Waals surface area contributed by atoms with Crippen LogP contribution in [-0.2, 0) is 13.0 Å². The molecule has 0 radical (unpaired) electrons. The molecule has 1 unspecified atom stereocenters. The highest BCUT2D eigenvalue weighted by atomic mass is 16.5. The molecular formula is C22H23N3O4. The molecule has 0 saturated carbocycles. The van der Waals surface area contributed by atoms with Crippen molar-refractivity contribution in [2.75, 3.05) is 25.0 Å². The van der Waals surface area contributed by atoms with Gasteiger partial charge in [-0.3, -0.25) is 9.69 Å². The van der Waals surface area contributed by atoms with E-state index in [0.29, 0.717) is 18.0 Å². The van der Waals surface area contributed by atoms with Gasteiger partial charge in [-0.15, -0.1) is 0 Å². The number of amides is 1. The highest BCUT2D eigenvalue weighted by molar-refractivity contribution is 6.02. The van der Waals surface area contributed by atoms with Crippen molar-refractivity contribution in [3.63, 3.8) is 0 Å². The summed E-state index contributed by atoms with van der Waals surface area (Å²) in [5.41, 5.74) is 3.49. The Morgan fingerprint density at radius 3 is 2.93 bits per heavy atom. The second kappa shape index (κ2) is 8.89. The topological polar surface area (TPSA) is 87.8 Å². The quantitative estimate of drug-likeness (QED) is 0.642. The van der Waals surface area contributed by atoms with E-state index in [9.17, 15) is 9.90 Å². The van der Waals surface area contributed by atoms with Crippen LogP contribution in [0.15, 0.2) is 65.6 Å². The van der Waals surface area contributed by atoms with Gasteiger partial charge in [0.1, 0.15) is 24.7 Å². The lowest BCUT2D eigenvalue weighted by molar-refractivity contribution is 0.0638. The first kappa shape index (κ1) is 19.2. The first-order valence-electron chi connectivity index (χ1n) is 9.57. The van der Waals surface area contributed by atoms with Crippen molar-refractivity contribution in [2.24, 2.45) is 0 Å². The highest BCUT2D eigenvalue weighted by Gasteiger charge is 2.18. The summed E-state index contributed by atoms with van der Waals surface area (Å²) in [5, 5.41) is 13.1. The molecule has 0 bridgehead atoms. The average molecular weight is 393 g/mol. The summed E-state index contributed by atoms with van der Waals surface area (Å²) in [4.78, 5) is 18.1. The van der Waals surface area contributed by atoms with E-state index in [4.69, 9.17) is 9.15 Å². The molecule has 2 N–H and O–H groups in total. The summed E-state index contributed by atoms with van der Waals surface area (Å²) in [6.45, 7) is 2.50. The van der Waals surface area contributed by atoms with E-state index in [-0.39, 0.29) is 18.2 Å². The predicted octanol–water partition coefficient (Wildman–Crippen LogP) is 2.72. The van der Waals surface area contributed by atoms with Gasteiger partial charge in [-0.25, -0.2) is 4.98 Å². The Morgan fingerprint density at radius 1 is 1.24 bits per heavy atom. The van der Waals surface area contributed by atoms with Crippen LogP contribution in [0.1, 0.15) is 21.6 Å². The number of fused-ring (bicyclic) bond motifs is 1. The van der Waals surface area contributed by atoms with E-state index in [1.807, 2.05) is 0 Å². The number of β-amino-alcohol motifs (C(OH)–C–C–N with tert-alkyl or cyclic N) is 1. The molecular weight excluding hydrogens is 370 g/mol. The number of rotatable bonds is 7. The van der Waals surface area contributed by atoms with E-state index in [0.717, 1.165) is 19.5 Å². The first-order chi connectivity index (χ1) is 14.2. The Hall–Kier alpha value is -3.16. The first-order valence-corrected chi connectivity index (χ1v) is 9.57. The maximum absolute atomic E-state index is 12.0. The van der Waals surface area contributed by atoms with Crippen LogP contribution in [0.25, 0.3) is 0 Å². The highest BCUT2D eigenvalue weighted by Crippen LogP contribution is 2.20. The number of anilines is 1. The van der Waals surface area contributed by atoms with Gasteiger partial charge < -0.3 is 19.6 Å². The van der Waals surface area contributed by atoms with Crippen LogP contribution in [-0.4, -0.2) is 46.7 Å². The standard InChI is InChI=1S/C22H23N3O4/c26-19(12-25-9-8-16-4-1-2-5-17(16)11-25)13-29-20-7-3-6-18(10-20)24-22(27)21-14-28-15-23-21/h1-7,10,14-15,19,26H,8-9,11-13H2,(H,24,27). The van der Waals surface area contributed by atoms with Crippen LogP contribution in [0.2, 0.25) is 0 Å². The van der Waals surface area contributed by atoms with Crippen molar-refractivity contribution >= 4 is 11.6 Å². The minimum Gasteiger partial charge on any atom is -0.491 e. The summed E-state index contributed by atoms with van der Waals surface area (Å²) >= 11 is 0. The molecule has 150 valence electrons. The number of hydrogen-bond donors (Lipinski definition) is 2. The number of oxazole rings is 1. The largest absolute Gasteiger partial charge is 0.491 e. The number of hydrogen-bond acceptors (Lipinski definition) is 6. The lowest BCUT2D eigenvalue weighted by atomic mass is 10.00.